The van der Waals surface area contributed by atoms with E-state index in [1.54, 1.807) is 30.1 Å². The standard InChI is InChI=1S/C21H28N8O2S/c1-3-24-32(30,31)26-20-15-18(7-9-22-20)16-27-11-13-28(14-12-27)19-5-6-21(25-17(19)2)29-10-4-8-23-29/h4-10,15,24H,3,11-14,16H2,1-2H3,(H,22,26). The molecular weight excluding hydrogens is 428 g/mol. The summed E-state index contributed by atoms with van der Waals surface area (Å²) in [5.74, 6) is 1.13. The van der Waals surface area contributed by atoms with Gasteiger partial charge in [0.15, 0.2) is 5.82 Å². The van der Waals surface area contributed by atoms with Crippen LogP contribution in [0, 0.1) is 6.92 Å². The van der Waals surface area contributed by atoms with Crippen molar-refractivity contribution in [2.45, 2.75) is 20.4 Å². The zero-order valence-electron chi connectivity index (χ0n) is 18.3. The third-order valence-corrected chi connectivity index (χ3v) is 6.45. The number of anilines is 2. The molecule has 0 aliphatic carbocycles. The first kappa shape index (κ1) is 22.2. The summed E-state index contributed by atoms with van der Waals surface area (Å²) >= 11 is 0. The lowest BCUT2D eigenvalue weighted by Crippen LogP contribution is -2.46. The second-order valence-electron chi connectivity index (χ2n) is 7.64. The monoisotopic (exact) mass is 456 g/mol. The molecule has 0 unspecified atom stereocenters. The first-order valence-electron chi connectivity index (χ1n) is 10.6. The highest BCUT2D eigenvalue weighted by molar-refractivity contribution is 7.90. The van der Waals surface area contributed by atoms with E-state index in [1.807, 2.05) is 31.3 Å². The third kappa shape index (κ3) is 5.42. The second-order valence-corrected chi connectivity index (χ2v) is 9.14. The molecule has 4 rings (SSSR count). The Bertz CT molecular complexity index is 1140. The Balaban J connectivity index is 1.35. The normalized spacial score (nSPS) is 15.1. The maximum absolute atomic E-state index is 11.9. The molecule has 11 heteroatoms. The van der Waals surface area contributed by atoms with Gasteiger partial charge in [0.1, 0.15) is 5.82 Å². The fraction of sp³-hybridized carbons (Fsp3) is 0.381. The van der Waals surface area contributed by atoms with Gasteiger partial charge in [-0.15, -0.1) is 0 Å². The third-order valence-electron chi connectivity index (χ3n) is 5.30. The van der Waals surface area contributed by atoms with E-state index < -0.39 is 10.2 Å². The van der Waals surface area contributed by atoms with Gasteiger partial charge >= 0.3 is 0 Å². The van der Waals surface area contributed by atoms with Crippen molar-refractivity contribution >= 4 is 21.7 Å². The second kappa shape index (κ2) is 9.63. The molecule has 4 heterocycles. The van der Waals surface area contributed by atoms with Crippen molar-refractivity contribution in [1.82, 2.24) is 29.4 Å². The molecule has 3 aromatic heterocycles. The quantitative estimate of drug-likeness (QED) is 0.530. The van der Waals surface area contributed by atoms with Crippen LogP contribution in [0.15, 0.2) is 48.9 Å². The van der Waals surface area contributed by atoms with E-state index >= 15 is 0 Å². The van der Waals surface area contributed by atoms with Crippen LogP contribution in [0.2, 0.25) is 0 Å². The van der Waals surface area contributed by atoms with Crippen LogP contribution in [0.4, 0.5) is 11.5 Å². The lowest BCUT2D eigenvalue weighted by Gasteiger charge is -2.36. The van der Waals surface area contributed by atoms with Gasteiger partial charge < -0.3 is 4.90 Å². The molecule has 0 radical (unpaired) electrons. The van der Waals surface area contributed by atoms with E-state index in [9.17, 15) is 8.42 Å². The van der Waals surface area contributed by atoms with Gasteiger partial charge in [-0.3, -0.25) is 9.62 Å². The number of pyridine rings is 2. The minimum Gasteiger partial charge on any atom is -0.368 e. The van der Waals surface area contributed by atoms with E-state index in [0.29, 0.717) is 12.4 Å². The fourth-order valence-corrected chi connectivity index (χ4v) is 4.64. The average molecular weight is 457 g/mol. The number of hydrogen-bond donors (Lipinski definition) is 2. The molecule has 0 bridgehead atoms. The lowest BCUT2D eigenvalue weighted by molar-refractivity contribution is 0.249. The number of nitrogens with one attached hydrogen (secondary N) is 2. The van der Waals surface area contributed by atoms with Crippen molar-refractivity contribution in [1.29, 1.82) is 0 Å². The van der Waals surface area contributed by atoms with E-state index in [-0.39, 0.29) is 0 Å². The summed E-state index contributed by atoms with van der Waals surface area (Å²) in [5, 5.41) is 4.24. The van der Waals surface area contributed by atoms with E-state index in [2.05, 4.69) is 35.4 Å². The summed E-state index contributed by atoms with van der Waals surface area (Å²) < 4.78 is 30.4. The van der Waals surface area contributed by atoms with Crippen molar-refractivity contribution < 1.29 is 8.42 Å². The summed E-state index contributed by atoms with van der Waals surface area (Å²) in [6.45, 7) is 8.42. The first-order chi connectivity index (χ1) is 15.4. The highest BCUT2D eigenvalue weighted by Gasteiger charge is 2.20. The Morgan fingerprint density at radius 2 is 1.91 bits per heavy atom. The minimum absolute atomic E-state index is 0.320. The Hall–Kier alpha value is -3.02. The number of piperazine rings is 1. The van der Waals surface area contributed by atoms with Crippen LogP contribution in [-0.4, -0.2) is 65.8 Å². The molecule has 3 aromatic rings. The summed E-state index contributed by atoms with van der Waals surface area (Å²) in [6.07, 6.45) is 5.26. The van der Waals surface area contributed by atoms with Crippen LogP contribution in [0.5, 0.6) is 0 Å². The summed E-state index contributed by atoms with van der Waals surface area (Å²) in [5.41, 5.74) is 3.15. The number of hydrogen-bond acceptors (Lipinski definition) is 7. The van der Waals surface area contributed by atoms with Gasteiger partial charge in [0.05, 0.1) is 11.4 Å². The minimum atomic E-state index is -3.59. The topological polar surface area (TPSA) is 108 Å². The molecular formula is C21H28N8O2S. The number of nitrogens with zero attached hydrogens (tertiary/aromatic N) is 6. The van der Waals surface area contributed by atoms with Gasteiger partial charge in [-0.05, 0) is 42.8 Å². The summed E-state index contributed by atoms with van der Waals surface area (Å²) in [7, 11) is -3.59. The van der Waals surface area contributed by atoms with Gasteiger partial charge in [-0.1, -0.05) is 6.92 Å². The number of aromatic nitrogens is 4. The van der Waals surface area contributed by atoms with Crippen molar-refractivity contribution in [2.75, 3.05) is 42.3 Å². The maximum Gasteiger partial charge on any atom is 0.300 e. The molecule has 0 spiro atoms. The van der Waals surface area contributed by atoms with Gasteiger partial charge in [0, 0.05) is 57.9 Å². The SMILES string of the molecule is CCNS(=O)(=O)Nc1cc(CN2CCN(c3ccc(-n4cccn4)nc3C)CC2)ccn1. The summed E-state index contributed by atoms with van der Waals surface area (Å²) in [6, 6.07) is 9.69. The lowest BCUT2D eigenvalue weighted by atomic mass is 10.2. The molecule has 0 atom stereocenters. The molecule has 0 amide bonds. The van der Waals surface area contributed by atoms with Crippen LogP contribution in [0.3, 0.4) is 0 Å². The first-order valence-corrected chi connectivity index (χ1v) is 12.1. The van der Waals surface area contributed by atoms with Crippen molar-refractivity contribution in [2.24, 2.45) is 0 Å². The zero-order valence-corrected chi connectivity index (χ0v) is 19.1. The van der Waals surface area contributed by atoms with Crippen LogP contribution in [0.25, 0.3) is 5.82 Å². The van der Waals surface area contributed by atoms with Crippen LogP contribution < -0.4 is 14.3 Å². The Morgan fingerprint density at radius 1 is 1.09 bits per heavy atom. The Labute approximate surface area is 188 Å². The summed E-state index contributed by atoms with van der Waals surface area (Å²) in [4.78, 5) is 13.5. The van der Waals surface area contributed by atoms with Gasteiger partial charge in [0.2, 0.25) is 0 Å². The molecule has 1 aliphatic heterocycles. The van der Waals surface area contributed by atoms with Crippen molar-refractivity contribution in [3.8, 4) is 5.82 Å². The van der Waals surface area contributed by atoms with E-state index in [0.717, 1.165) is 55.5 Å². The highest BCUT2D eigenvalue weighted by Crippen LogP contribution is 2.22. The van der Waals surface area contributed by atoms with Gasteiger partial charge in [-0.2, -0.15) is 18.2 Å². The van der Waals surface area contributed by atoms with Crippen molar-refractivity contribution in [3.05, 3.63) is 60.2 Å². The van der Waals surface area contributed by atoms with Crippen LogP contribution in [0.1, 0.15) is 18.2 Å². The zero-order chi connectivity index (χ0) is 22.6. The molecule has 1 fully saturated rings. The number of rotatable bonds is 8. The van der Waals surface area contributed by atoms with E-state index in [4.69, 9.17) is 4.98 Å². The molecule has 1 saturated heterocycles. The predicted octanol–water partition coefficient (Wildman–Crippen LogP) is 1.56. The molecule has 0 aromatic carbocycles. The predicted molar refractivity (Wildman–Crippen MR) is 124 cm³/mol. The van der Waals surface area contributed by atoms with E-state index in [1.165, 1.54) is 0 Å². The average Bonchev–Trinajstić information content (AvgIpc) is 3.29. The largest absolute Gasteiger partial charge is 0.368 e. The van der Waals surface area contributed by atoms with Crippen LogP contribution >= 0.6 is 0 Å². The van der Waals surface area contributed by atoms with Crippen molar-refractivity contribution in [3.63, 3.8) is 0 Å². The molecule has 1 aliphatic rings. The molecule has 170 valence electrons. The maximum atomic E-state index is 11.9. The Kier molecular flexibility index (Phi) is 6.68. The van der Waals surface area contributed by atoms with Crippen LogP contribution in [-0.2, 0) is 16.8 Å². The fourth-order valence-electron chi connectivity index (χ4n) is 3.80. The van der Waals surface area contributed by atoms with Gasteiger partial charge in [0.25, 0.3) is 10.2 Å². The highest BCUT2D eigenvalue weighted by atomic mass is 32.2. The molecule has 10 nitrogen and oxygen atoms in total. The molecule has 0 saturated carbocycles. The molecule has 32 heavy (non-hydrogen) atoms. The smallest absolute Gasteiger partial charge is 0.300 e. The number of aryl methyl sites for hydroxylation is 1. The Morgan fingerprint density at radius 3 is 2.59 bits per heavy atom. The van der Waals surface area contributed by atoms with Gasteiger partial charge in [-0.25, -0.2) is 14.6 Å². The molecule has 2 N–H and O–H groups in total.